The van der Waals surface area contributed by atoms with Crippen LogP contribution in [0.4, 0.5) is 10.2 Å². The highest BCUT2D eigenvalue weighted by molar-refractivity contribution is 5.87. The lowest BCUT2D eigenvalue weighted by Crippen LogP contribution is -2.14. The number of benzene rings is 1. The van der Waals surface area contributed by atoms with E-state index in [0.29, 0.717) is 17.4 Å². The second-order valence-corrected chi connectivity index (χ2v) is 4.92. The van der Waals surface area contributed by atoms with Crippen LogP contribution in [0.3, 0.4) is 0 Å². The number of rotatable bonds is 4. The molecule has 0 radical (unpaired) electrons. The van der Waals surface area contributed by atoms with Crippen molar-refractivity contribution in [3.05, 3.63) is 42.6 Å². The minimum atomic E-state index is -0.336. The summed E-state index contributed by atoms with van der Waals surface area (Å²) in [6.07, 6.45) is 4.10. The summed E-state index contributed by atoms with van der Waals surface area (Å²) in [5.74, 6) is 0.384. The van der Waals surface area contributed by atoms with E-state index in [1.807, 2.05) is 0 Å². The number of anilines is 1. The quantitative estimate of drug-likeness (QED) is 0.800. The van der Waals surface area contributed by atoms with E-state index in [9.17, 15) is 4.39 Å². The van der Waals surface area contributed by atoms with Crippen molar-refractivity contribution in [1.29, 1.82) is 0 Å². The molecule has 0 spiro atoms. The van der Waals surface area contributed by atoms with Crippen molar-refractivity contribution in [1.82, 2.24) is 19.7 Å². The summed E-state index contributed by atoms with van der Waals surface area (Å²) < 4.78 is 15.4. The molecule has 0 aliphatic carbocycles. The van der Waals surface area contributed by atoms with Gasteiger partial charge in [-0.2, -0.15) is 5.10 Å². The van der Waals surface area contributed by atoms with Crippen molar-refractivity contribution < 1.29 is 4.39 Å². The Kier molecular flexibility index (Phi) is 3.51. The minimum absolute atomic E-state index is 0.292. The maximum Gasteiger partial charge on any atom is 0.168 e. The summed E-state index contributed by atoms with van der Waals surface area (Å²) >= 11 is 0. The molecule has 0 aliphatic heterocycles. The first kappa shape index (κ1) is 13.5. The third-order valence-electron chi connectivity index (χ3n) is 3.44. The van der Waals surface area contributed by atoms with Crippen LogP contribution in [0, 0.1) is 5.82 Å². The fourth-order valence-electron chi connectivity index (χ4n) is 2.09. The third-order valence-corrected chi connectivity index (χ3v) is 3.44. The number of halogens is 1. The average molecular weight is 285 g/mol. The molecule has 2 heterocycles. The van der Waals surface area contributed by atoms with Gasteiger partial charge in [0.1, 0.15) is 23.6 Å². The summed E-state index contributed by atoms with van der Waals surface area (Å²) in [7, 11) is 0. The fraction of sp³-hybridized carbons (Fsp3) is 0.267. The van der Waals surface area contributed by atoms with Crippen LogP contribution in [0.1, 0.15) is 20.3 Å². The fourth-order valence-corrected chi connectivity index (χ4v) is 2.09. The van der Waals surface area contributed by atoms with Gasteiger partial charge in [-0.05, 0) is 25.5 Å². The van der Waals surface area contributed by atoms with Crippen molar-refractivity contribution in [3.63, 3.8) is 0 Å². The van der Waals surface area contributed by atoms with Crippen molar-refractivity contribution in [3.8, 4) is 5.69 Å². The van der Waals surface area contributed by atoms with E-state index < -0.39 is 0 Å². The number of para-hydroxylation sites is 1. The van der Waals surface area contributed by atoms with Crippen LogP contribution in [-0.4, -0.2) is 25.8 Å². The van der Waals surface area contributed by atoms with Crippen molar-refractivity contribution in [2.75, 3.05) is 5.32 Å². The summed E-state index contributed by atoms with van der Waals surface area (Å²) in [6.45, 7) is 4.17. The maximum atomic E-state index is 13.9. The SMILES string of the molecule is CCC(C)Nc1ncnc2c1cnn2-c1ccccc1F. The molecule has 0 aliphatic rings. The van der Waals surface area contributed by atoms with Crippen LogP contribution >= 0.6 is 0 Å². The van der Waals surface area contributed by atoms with Crippen LogP contribution in [-0.2, 0) is 0 Å². The standard InChI is InChI=1S/C15H16FN5/c1-3-10(2)20-14-11-8-19-21(15(11)18-9-17-14)13-7-5-4-6-12(13)16/h4-10H,3H2,1-2H3,(H,17,18,20). The van der Waals surface area contributed by atoms with Crippen LogP contribution < -0.4 is 5.32 Å². The molecule has 5 nitrogen and oxygen atoms in total. The normalized spacial score (nSPS) is 12.5. The van der Waals surface area contributed by atoms with Gasteiger partial charge in [-0.15, -0.1) is 0 Å². The monoisotopic (exact) mass is 285 g/mol. The van der Waals surface area contributed by atoms with Gasteiger partial charge in [0.05, 0.1) is 11.6 Å². The van der Waals surface area contributed by atoms with E-state index >= 15 is 0 Å². The summed E-state index contributed by atoms with van der Waals surface area (Å²) in [4.78, 5) is 8.49. The molecular weight excluding hydrogens is 269 g/mol. The lowest BCUT2D eigenvalue weighted by Gasteiger charge is -2.12. The molecule has 0 amide bonds. The van der Waals surface area contributed by atoms with Gasteiger partial charge < -0.3 is 5.32 Å². The molecule has 1 atom stereocenters. The zero-order valence-electron chi connectivity index (χ0n) is 11.9. The Morgan fingerprint density at radius 3 is 2.86 bits per heavy atom. The lowest BCUT2D eigenvalue weighted by atomic mass is 10.2. The number of hydrogen-bond donors (Lipinski definition) is 1. The number of fused-ring (bicyclic) bond motifs is 1. The first-order valence-electron chi connectivity index (χ1n) is 6.91. The zero-order chi connectivity index (χ0) is 14.8. The highest BCUT2D eigenvalue weighted by Gasteiger charge is 2.14. The van der Waals surface area contributed by atoms with Gasteiger partial charge in [0.25, 0.3) is 0 Å². The van der Waals surface area contributed by atoms with Gasteiger partial charge in [0.2, 0.25) is 0 Å². The Balaban J connectivity index is 2.11. The molecule has 0 saturated heterocycles. The highest BCUT2D eigenvalue weighted by atomic mass is 19.1. The van der Waals surface area contributed by atoms with E-state index in [1.54, 1.807) is 24.4 Å². The number of nitrogens with zero attached hydrogens (tertiary/aromatic N) is 4. The Bertz CT molecular complexity index is 768. The maximum absolute atomic E-state index is 13.9. The van der Waals surface area contributed by atoms with Crippen LogP contribution in [0.2, 0.25) is 0 Å². The first-order chi connectivity index (χ1) is 10.2. The Morgan fingerprint density at radius 2 is 2.10 bits per heavy atom. The highest BCUT2D eigenvalue weighted by Crippen LogP contribution is 2.23. The summed E-state index contributed by atoms with van der Waals surface area (Å²) in [5, 5.41) is 8.35. The predicted octanol–water partition coefficient (Wildman–Crippen LogP) is 3.17. The van der Waals surface area contributed by atoms with E-state index in [2.05, 4.69) is 34.2 Å². The Morgan fingerprint density at radius 1 is 1.29 bits per heavy atom. The van der Waals surface area contributed by atoms with E-state index in [1.165, 1.54) is 17.1 Å². The minimum Gasteiger partial charge on any atom is -0.367 e. The van der Waals surface area contributed by atoms with Crippen LogP contribution in [0.15, 0.2) is 36.8 Å². The molecule has 1 N–H and O–H groups in total. The Hall–Kier alpha value is -2.50. The van der Waals surface area contributed by atoms with E-state index in [-0.39, 0.29) is 5.82 Å². The second-order valence-electron chi connectivity index (χ2n) is 4.92. The average Bonchev–Trinajstić information content (AvgIpc) is 2.92. The van der Waals surface area contributed by atoms with Gasteiger partial charge in [-0.3, -0.25) is 0 Å². The van der Waals surface area contributed by atoms with Crippen molar-refractivity contribution in [2.45, 2.75) is 26.3 Å². The summed E-state index contributed by atoms with van der Waals surface area (Å²) in [5.41, 5.74) is 0.960. The topological polar surface area (TPSA) is 55.6 Å². The van der Waals surface area contributed by atoms with Crippen molar-refractivity contribution >= 4 is 16.9 Å². The first-order valence-corrected chi connectivity index (χ1v) is 6.91. The molecule has 108 valence electrons. The van der Waals surface area contributed by atoms with Crippen LogP contribution in [0.25, 0.3) is 16.7 Å². The molecule has 3 aromatic rings. The number of nitrogens with one attached hydrogen (secondary N) is 1. The van der Waals surface area contributed by atoms with Gasteiger partial charge in [-0.25, -0.2) is 19.0 Å². The molecule has 1 aromatic carbocycles. The van der Waals surface area contributed by atoms with Crippen LogP contribution in [0.5, 0.6) is 0 Å². The summed E-state index contributed by atoms with van der Waals surface area (Å²) in [6, 6.07) is 6.79. The second kappa shape index (κ2) is 5.47. The molecular formula is C15H16FN5. The molecule has 0 bridgehead atoms. The molecule has 21 heavy (non-hydrogen) atoms. The molecule has 0 fully saturated rings. The molecule has 3 rings (SSSR count). The zero-order valence-corrected chi connectivity index (χ0v) is 11.9. The van der Waals surface area contributed by atoms with E-state index in [4.69, 9.17) is 0 Å². The molecule has 6 heteroatoms. The third kappa shape index (κ3) is 2.44. The van der Waals surface area contributed by atoms with Crippen molar-refractivity contribution in [2.24, 2.45) is 0 Å². The Labute approximate surface area is 121 Å². The molecule has 0 saturated carbocycles. The predicted molar refractivity (Wildman–Crippen MR) is 80.0 cm³/mol. The number of aromatic nitrogens is 4. The van der Waals surface area contributed by atoms with Gasteiger partial charge in [0, 0.05) is 6.04 Å². The molecule has 1 unspecified atom stereocenters. The molecule has 2 aromatic heterocycles. The van der Waals surface area contributed by atoms with E-state index in [0.717, 1.165) is 17.6 Å². The largest absolute Gasteiger partial charge is 0.367 e. The smallest absolute Gasteiger partial charge is 0.168 e. The van der Waals surface area contributed by atoms with Gasteiger partial charge in [0.15, 0.2) is 5.65 Å². The number of hydrogen-bond acceptors (Lipinski definition) is 4. The van der Waals surface area contributed by atoms with Gasteiger partial charge in [-0.1, -0.05) is 19.1 Å². The van der Waals surface area contributed by atoms with Gasteiger partial charge >= 0.3 is 0 Å². The lowest BCUT2D eigenvalue weighted by molar-refractivity contribution is 0.612.